The van der Waals surface area contributed by atoms with E-state index in [-0.39, 0.29) is 18.7 Å². The molecule has 3 aliphatic heterocycles. The Morgan fingerprint density at radius 1 is 1.00 bits per heavy atom. The van der Waals surface area contributed by atoms with Crippen LogP contribution in [0.3, 0.4) is 0 Å². The zero-order chi connectivity index (χ0) is 17.6. The molecule has 0 radical (unpaired) electrons. The van der Waals surface area contributed by atoms with Crippen LogP contribution in [-0.2, 0) is 9.59 Å². The first-order valence-electron chi connectivity index (χ1n) is 8.32. The van der Waals surface area contributed by atoms with Crippen LogP contribution in [0.15, 0.2) is 24.3 Å². The molecule has 1 atom stereocenters. The molecule has 0 aromatic heterocycles. The van der Waals surface area contributed by atoms with Crippen LogP contribution in [0.1, 0.15) is 45.5 Å². The van der Waals surface area contributed by atoms with Crippen LogP contribution >= 0.6 is 0 Å². The van der Waals surface area contributed by atoms with Crippen molar-refractivity contribution >= 4 is 29.2 Å². The van der Waals surface area contributed by atoms with Crippen LogP contribution in [0, 0.1) is 0 Å². The second kappa shape index (κ2) is 5.93. The van der Waals surface area contributed by atoms with E-state index in [0.717, 1.165) is 35.5 Å². The topological polar surface area (TPSA) is 95.6 Å². The van der Waals surface area contributed by atoms with Gasteiger partial charge in [0.1, 0.15) is 6.04 Å². The van der Waals surface area contributed by atoms with Gasteiger partial charge in [-0.25, -0.2) is 0 Å². The summed E-state index contributed by atoms with van der Waals surface area (Å²) in [6.07, 6.45) is 3.08. The second-order valence-electron chi connectivity index (χ2n) is 6.36. The molecule has 2 N–H and O–H groups in total. The fraction of sp³-hybridized carbons (Fsp3) is 0.333. The molecule has 1 unspecified atom stereocenters. The third kappa shape index (κ3) is 2.47. The molecule has 25 heavy (non-hydrogen) atoms. The monoisotopic (exact) mass is 339 g/mol. The lowest BCUT2D eigenvalue weighted by Gasteiger charge is -2.28. The fourth-order valence-corrected chi connectivity index (χ4v) is 3.65. The molecule has 4 rings (SSSR count). The predicted molar refractivity (Wildman–Crippen MR) is 88.6 cm³/mol. The number of hydrogen-bond acceptors (Lipinski definition) is 5. The van der Waals surface area contributed by atoms with Crippen LogP contribution in [-0.4, -0.2) is 47.7 Å². The van der Waals surface area contributed by atoms with Gasteiger partial charge in [0.2, 0.25) is 11.8 Å². The Labute approximate surface area is 144 Å². The van der Waals surface area contributed by atoms with Gasteiger partial charge < -0.3 is 5.32 Å². The predicted octanol–water partition coefficient (Wildman–Crippen LogP) is 0.465. The zero-order valence-corrected chi connectivity index (χ0v) is 13.5. The molecule has 128 valence electrons. The van der Waals surface area contributed by atoms with Crippen molar-refractivity contribution in [3.8, 4) is 0 Å². The highest BCUT2D eigenvalue weighted by Gasteiger charge is 2.45. The Morgan fingerprint density at radius 2 is 1.80 bits per heavy atom. The summed E-state index contributed by atoms with van der Waals surface area (Å²) in [5, 5.41) is 5.43. The number of benzene rings is 1. The number of imide groups is 2. The van der Waals surface area contributed by atoms with Gasteiger partial charge in [-0.3, -0.25) is 29.4 Å². The van der Waals surface area contributed by atoms with Crippen LogP contribution in [0.25, 0.3) is 5.57 Å². The molecule has 1 fully saturated rings. The van der Waals surface area contributed by atoms with Gasteiger partial charge in [-0.1, -0.05) is 18.2 Å². The Kier molecular flexibility index (Phi) is 3.73. The number of carbonyl (C=O) groups is 4. The van der Waals surface area contributed by atoms with Crippen LogP contribution in [0.2, 0.25) is 0 Å². The van der Waals surface area contributed by atoms with E-state index < -0.39 is 23.8 Å². The van der Waals surface area contributed by atoms with E-state index in [4.69, 9.17) is 0 Å². The quantitative estimate of drug-likeness (QED) is 0.764. The smallest absolute Gasteiger partial charge is 0.262 e. The summed E-state index contributed by atoms with van der Waals surface area (Å²) >= 11 is 0. The first kappa shape index (κ1) is 15.7. The van der Waals surface area contributed by atoms with Crippen LogP contribution in [0.4, 0.5) is 0 Å². The maximum atomic E-state index is 13.0. The molecule has 0 saturated carbocycles. The number of hydrogen-bond donors (Lipinski definition) is 2. The van der Waals surface area contributed by atoms with Gasteiger partial charge in [0.25, 0.3) is 11.8 Å². The van der Waals surface area contributed by atoms with E-state index in [9.17, 15) is 19.2 Å². The number of rotatable bonds is 2. The average molecular weight is 339 g/mol. The third-order valence-electron chi connectivity index (χ3n) is 4.88. The minimum Gasteiger partial charge on any atom is -0.313 e. The highest BCUT2D eigenvalue weighted by molar-refractivity contribution is 6.25. The van der Waals surface area contributed by atoms with E-state index in [2.05, 4.69) is 10.6 Å². The minimum absolute atomic E-state index is 0.119. The standard InChI is InChI=1S/C18H17N3O4/c22-14-5-4-13(16(23)20-14)21-17(24)12-3-1-2-11(15(12)18(21)25)10-6-8-19-9-7-10/h1-3,6,13,19H,4-5,7-9H2,(H,20,22,23). The van der Waals surface area contributed by atoms with Gasteiger partial charge >= 0.3 is 0 Å². The molecule has 0 spiro atoms. The normalized spacial score (nSPS) is 23.4. The van der Waals surface area contributed by atoms with E-state index in [1.54, 1.807) is 12.1 Å². The summed E-state index contributed by atoms with van der Waals surface area (Å²) in [7, 11) is 0. The van der Waals surface area contributed by atoms with Crippen molar-refractivity contribution in [2.24, 2.45) is 0 Å². The van der Waals surface area contributed by atoms with E-state index in [0.29, 0.717) is 11.1 Å². The Morgan fingerprint density at radius 3 is 2.52 bits per heavy atom. The summed E-state index contributed by atoms with van der Waals surface area (Å²) in [6, 6.07) is 4.29. The summed E-state index contributed by atoms with van der Waals surface area (Å²) in [4.78, 5) is 50.2. The molecule has 3 heterocycles. The molecule has 7 heteroatoms. The summed E-state index contributed by atoms with van der Waals surface area (Å²) in [5.74, 6) is -1.89. The maximum Gasteiger partial charge on any atom is 0.262 e. The van der Waals surface area contributed by atoms with Gasteiger partial charge in [-0.2, -0.15) is 0 Å². The number of fused-ring (bicyclic) bond motifs is 1. The lowest BCUT2D eigenvalue weighted by atomic mass is 9.93. The van der Waals surface area contributed by atoms with Gasteiger partial charge in [-0.15, -0.1) is 0 Å². The molecule has 1 aromatic rings. The third-order valence-corrected chi connectivity index (χ3v) is 4.88. The molecule has 1 aromatic carbocycles. The Bertz CT molecular complexity index is 843. The molecule has 0 bridgehead atoms. The van der Waals surface area contributed by atoms with Gasteiger partial charge in [0, 0.05) is 13.0 Å². The molecule has 1 saturated heterocycles. The van der Waals surface area contributed by atoms with E-state index in [1.165, 1.54) is 0 Å². The summed E-state index contributed by atoms with van der Waals surface area (Å²) < 4.78 is 0. The highest BCUT2D eigenvalue weighted by Crippen LogP contribution is 2.34. The maximum absolute atomic E-state index is 13.0. The molecule has 0 aliphatic carbocycles. The van der Waals surface area contributed by atoms with Gasteiger partial charge in [-0.05, 0) is 36.6 Å². The summed E-state index contributed by atoms with van der Waals surface area (Å²) in [6.45, 7) is 1.53. The van der Waals surface area contributed by atoms with Crippen LogP contribution in [0.5, 0.6) is 0 Å². The number of piperidine rings is 1. The average Bonchev–Trinajstić information content (AvgIpc) is 2.87. The molecule has 4 amide bonds. The SMILES string of the molecule is O=C1CCC(N2C(=O)c3cccc(C4=CCNCC4)c3C2=O)C(=O)N1. The van der Waals surface area contributed by atoms with E-state index >= 15 is 0 Å². The van der Waals surface area contributed by atoms with Crippen molar-refractivity contribution in [1.82, 2.24) is 15.5 Å². The van der Waals surface area contributed by atoms with E-state index in [1.807, 2.05) is 12.1 Å². The van der Waals surface area contributed by atoms with Crippen molar-refractivity contribution in [1.29, 1.82) is 0 Å². The van der Waals surface area contributed by atoms with Crippen molar-refractivity contribution in [3.05, 3.63) is 41.0 Å². The molecule has 3 aliphatic rings. The van der Waals surface area contributed by atoms with Gasteiger partial charge in [0.15, 0.2) is 0 Å². The molecule has 7 nitrogen and oxygen atoms in total. The lowest BCUT2D eigenvalue weighted by molar-refractivity contribution is -0.136. The Balaban J connectivity index is 1.74. The fourth-order valence-electron chi connectivity index (χ4n) is 3.65. The summed E-state index contributed by atoms with van der Waals surface area (Å²) in [5.41, 5.74) is 2.48. The number of carbonyl (C=O) groups excluding carboxylic acids is 4. The van der Waals surface area contributed by atoms with Crippen LogP contribution < -0.4 is 10.6 Å². The lowest BCUT2D eigenvalue weighted by Crippen LogP contribution is -2.54. The van der Waals surface area contributed by atoms with Crippen molar-refractivity contribution in [3.63, 3.8) is 0 Å². The Hall–Kier alpha value is -2.80. The number of nitrogens with zero attached hydrogens (tertiary/aromatic N) is 1. The van der Waals surface area contributed by atoms with Crippen molar-refractivity contribution in [2.45, 2.75) is 25.3 Å². The van der Waals surface area contributed by atoms with Crippen molar-refractivity contribution in [2.75, 3.05) is 13.1 Å². The molecular weight excluding hydrogens is 322 g/mol. The zero-order valence-electron chi connectivity index (χ0n) is 13.5. The number of amides is 4. The van der Waals surface area contributed by atoms with Gasteiger partial charge in [0.05, 0.1) is 11.1 Å². The number of nitrogens with one attached hydrogen (secondary N) is 2. The first-order chi connectivity index (χ1) is 12.1. The molecular formula is C18H17N3O4. The minimum atomic E-state index is -0.931. The second-order valence-corrected chi connectivity index (χ2v) is 6.36. The first-order valence-corrected chi connectivity index (χ1v) is 8.32. The highest BCUT2D eigenvalue weighted by atomic mass is 16.2. The van der Waals surface area contributed by atoms with Crippen molar-refractivity contribution < 1.29 is 19.2 Å². The largest absolute Gasteiger partial charge is 0.313 e.